The summed E-state index contributed by atoms with van der Waals surface area (Å²) in [5.41, 5.74) is 0.188. The highest BCUT2D eigenvalue weighted by Crippen LogP contribution is 2.44. The molecule has 126 valence electrons. The number of nitrogens with one attached hydrogen (secondary N) is 1. The quantitative estimate of drug-likeness (QED) is 0.884. The lowest BCUT2D eigenvalue weighted by Crippen LogP contribution is -2.16. The summed E-state index contributed by atoms with van der Waals surface area (Å²) in [6.07, 6.45) is 1.35. The highest BCUT2D eigenvalue weighted by Gasteiger charge is 2.21. The van der Waals surface area contributed by atoms with Crippen LogP contribution >= 0.6 is 0 Å². The maximum absolute atomic E-state index is 11.5. The van der Waals surface area contributed by atoms with E-state index in [2.05, 4.69) is 9.97 Å². The summed E-state index contributed by atoms with van der Waals surface area (Å²) in [6, 6.07) is 1.75. The Morgan fingerprint density at radius 2 is 1.48 bits per heavy atom. The maximum atomic E-state index is 11.5. The lowest BCUT2D eigenvalue weighted by atomic mass is 10.2. The predicted molar refractivity (Wildman–Crippen MR) is 89.7 cm³/mol. The van der Waals surface area contributed by atoms with Crippen molar-refractivity contribution in [1.82, 2.24) is 9.97 Å². The zero-order valence-electron chi connectivity index (χ0n) is 14.5. The van der Waals surface area contributed by atoms with Crippen molar-refractivity contribution in [3.8, 4) is 17.2 Å². The fraction of sp³-hybridized carbons (Fsp3) is 0.529. The average molecular weight is 320 g/mol. The second kappa shape index (κ2) is 6.89. The second-order valence-electron chi connectivity index (χ2n) is 6.18. The summed E-state index contributed by atoms with van der Waals surface area (Å²) >= 11 is 0. The molecule has 1 N–H and O–H groups in total. The molecule has 0 fully saturated rings. The molecule has 6 nitrogen and oxygen atoms in total. The lowest BCUT2D eigenvalue weighted by Gasteiger charge is -2.22. The summed E-state index contributed by atoms with van der Waals surface area (Å²) in [6.45, 7) is 11.6. The number of H-pyrrole nitrogens is 1. The number of benzene rings is 1. The van der Waals surface area contributed by atoms with Crippen molar-refractivity contribution in [2.45, 2.75) is 59.9 Å². The van der Waals surface area contributed by atoms with E-state index in [9.17, 15) is 4.79 Å². The van der Waals surface area contributed by atoms with E-state index in [1.165, 1.54) is 6.20 Å². The second-order valence-corrected chi connectivity index (χ2v) is 6.18. The summed E-state index contributed by atoms with van der Waals surface area (Å²) in [5, 5.41) is 0.685. The van der Waals surface area contributed by atoms with Crippen LogP contribution in [0.2, 0.25) is 0 Å². The summed E-state index contributed by atoms with van der Waals surface area (Å²) in [7, 11) is 0. The van der Waals surface area contributed by atoms with Crippen molar-refractivity contribution in [3.05, 3.63) is 22.7 Å². The zero-order chi connectivity index (χ0) is 17.1. The van der Waals surface area contributed by atoms with Gasteiger partial charge in [0.05, 0.1) is 29.2 Å². The van der Waals surface area contributed by atoms with Gasteiger partial charge in [0, 0.05) is 12.3 Å². The van der Waals surface area contributed by atoms with Crippen LogP contribution in [0.25, 0.3) is 10.9 Å². The van der Waals surface area contributed by atoms with Crippen LogP contribution in [0.5, 0.6) is 17.2 Å². The number of ether oxygens (including phenoxy) is 3. The van der Waals surface area contributed by atoms with Crippen molar-refractivity contribution >= 4 is 10.9 Å². The van der Waals surface area contributed by atoms with Gasteiger partial charge in [-0.15, -0.1) is 0 Å². The van der Waals surface area contributed by atoms with Crippen LogP contribution in [-0.4, -0.2) is 28.3 Å². The number of rotatable bonds is 6. The van der Waals surface area contributed by atoms with Crippen molar-refractivity contribution in [2.24, 2.45) is 0 Å². The smallest absolute Gasteiger partial charge is 0.345 e. The van der Waals surface area contributed by atoms with E-state index in [1.807, 2.05) is 41.5 Å². The van der Waals surface area contributed by atoms with E-state index in [-0.39, 0.29) is 18.3 Å². The SMILES string of the molecule is CC(C)Oc1cc2[nH]c(=O)ncc2c(OC(C)C)c1OC(C)C. The first-order chi connectivity index (χ1) is 10.8. The molecule has 0 atom stereocenters. The fourth-order valence-corrected chi connectivity index (χ4v) is 2.17. The Morgan fingerprint density at radius 1 is 0.913 bits per heavy atom. The van der Waals surface area contributed by atoms with Crippen LogP contribution in [0.15, 0.2) is 17.1 Å². The fourth-order valence-electron chi connectivity index (χ4n) is 2.17. The molecule has 0 aliphatic rings. The van der Waals surface area contributed by atoms with Crippen LogP contribution in [0.4, 0.5) is 0 Å². The molecule has 0 amide bonds. The molecular formula is C17H24N2O4. The van der Waals surface area contributed by atoms with Gasteiger partial charge in [-0.3, -0.25) is 0 Å². The Hall–Kier alpha value is -2.24. The molecule has 0 saturated heterocycles. The van der Waals surface area contributed by atoms with Gasteiger partial charge in [-0.1, -0.05) is 0 Å². The highest BCUT2D eigenvalue weighted by atomic mass is 16.6. The van der Waals surface area contributed by atoms with Gasteiger partial charge in [0.1, 0.15) is 0 Å². The van der Waals surface area contributed by atoms with E-state index in [1.54, 1.807) is 6.07 Å². The van der Waals surface area contributed by atoms with Gasteiger partial charge >= 0.3 is 5.69 Å². The number of nitrogens with zero attached hydrogens (tertiary/aromatic N) is 1. The van der Waals surface area contributed by atoms with E-state index in [4.69, 9.17) is 14.2 Å². The molecule has 1 heterocycles. The van der Waals surface area contributed by atoms with Gasteiger partial charge in [0.15, 0.2) is 11.5 Å². The molecular weight excluding hydrogens is 296 g/mol. The molecule has 1 aromatic heterocycles. The van der Waals surface area contributed by atoms with Crippen molar-refractivity contribution in [1.29, 1.82) is 0 Å². The number of hydrogen-bond donors (Lipinski definition) is 1. The first kappa shape index (κ1) is 17.1. The zero-order valence-corrected chi connectivity index (χ0v) is 14.5. The summed E-state index contributed by atoms with van der Waals surface area (Å²) in [5.74, 6) is 1.60. The molecule has 2 rings (SSSR count). The van der Waals surface area contributed by atoms with Crippen LogP contribution in [0.3, 0.4) is 0 Å². The Kier molecular flexibility index (Phi) is 5.13. The van der Waals surface area contributed by atoms with Gasteiger partial charge in [-0.25, -0.2) is 9.78 Å². The molecule has 0 radical (unpaired) electrons. The Morgan fingerprint density at radius 3 is 2.04 bits per heavy atom. The largest absolute Gasteiger partial charge is 0.487 e. The maximum Gasteiger partial charge on any atom is 0.345 e. The molecule has 0 unspecified atom stereocenters. The van der Waals surface area contributed by atoms with Crippen molar-refractivity contribution in [2.75, 3.05) is 0 Å². The van der Waals surface area contributed by atoms with Crippen LogP contribution in [-0.2, 0) is 0 Å². The molecule has 0 aliphatic carbocycles. The van der Waals surface area contributed by atoms with Gasteiger partial charge in [-0.2, -0.15) is 0 Å². The van der Waals surface area contributed by atoms with E-state index in [0.29, 0.717) is 28.2 Å². The molecule has 1 aromatic carbocycles. The molecule has 0 bridgehead atoms. The number of aromatic nitrogens is 2. The third kappa shape index (κ3) is 4.15. The average Bonchev–Trinajstić information content (AvgIpc) is 2.40. The van der Waals surface area contributed by atoms with Gasteiger partial charge in [-0.05, 0) is 41.5 Å². The van der Waals surface area contributed by atoms with Crippen molar-refractivity contribution < 1.29 is 14.2 Å². The first-order valence-electron chi connectivity index (χ1n) is 7.84. The third-order valence-corrected chi connectivity index (χ3v) is 2.86. The highest BCUT2D eigenvalue weighted by molar-refractivity contribution is 5.89. The molecule has 6 heteroatoms. The van der Waals surface area contributed by atoms with Crippen LogP contribution in [0.1, 0.15) is 41.5 Å². The van der Waals surface area contributed by atoms with E-state index >= 15 is 0 Å². The first-order valence-corrected chi connectivity index (χ1v) is 7.84. The van der Waals surface area contributed by atoms with Crippen molar-refractivity contribution in [3.63, 3.8) is 0 Å². The number of aromatic amines is 1. The summed E-state index contributed by atoms with van der Waals surface area (Å²) in [4.78, 5) is 18.0. The van der Waals surface area contributed by atoms with Gasteiger partial charge in [0.2, 0.25) is 5.75 Å². The minimum Gasteiger partial charge on any atom is -0.487 e. The monoisotopic (exact) mass is 320 g/mol. The number of fused-ring (bicyclic) bond motifs is 1. The lowest BCUT2D eigenvalue weighted by molar-refractivity contribution is 0.178. The molecule has 0 aliphatic heterocycles. The molecule has 23 heavy (non-hydrogen) atoms. The summed E-state index contributed by atoms with van der Waals surface area (Å²) < 4.78 is 17.8. The van der Waals surface area contributed by atoms with Gasteiger partial charge < -0.3 is 19.2 Å². The number of hydrogen-bond acceptors (Lipinski definition) is 5. The normalized spacial score (nSPS) is 11.5. The predicted octanol–water partition coefficient (Wildman–Crippen LogP) is 3.28. The van der Waals surface area contributed by atoms with E-state index < -0.39 is 5.69 Å². The topological polar surface area (TPSA) is 73.4 Å². The van der Waals surface area contributed by atoms with Crippen LogP contribution < -0.4 is 19.9 Å². The minimum atomic E-state index is -0.416. The Bertz CT molecular complexity index is 735. The molecule has 0 spiro atoms. The van der Waals surface area contributed by atoms with E-state index in [0.717, 1.165) is 0 Å². The Labute approximate surface area is 135 Å². The van der Waals surface area contributed by atoms with Gasteiger partial charge in [0.25, 0.3) is 0 Å². The Balaban J connectivity index is 2.75. The molecule has 2 aromatic rings. The van der Waals surface area contributed by atoms with Crippen LogP contribution in [0, 0.1) is 0 Å². The third-order valence-electron chi connectivity index (χ3n) is 2.86. The molecule has 0 saturated carbocycles. The standard InChI is InChI=1S/C17H24N2O4/c1-9(2)21-14-7-13-12(8-18-17(20)19-13)15(22-10(3)4)16(14)23-11(5)6/h7-11H,1-6H3,(H,18,19,20). The minimum absolute atomic E-state index is 0.0394.